The van der Waals surface area contributed by atoms with Crippen LogP contribution in [-0.2, 0) is 6.18 Å². The van der Waals surface area contributed by atoms with Crippen molar-refractivity contribution < 1.29 is 18.3 Å². The van der Waals surface area contributed by atoms with Gasteiger partial charge in [0, 0.05) is 24.8 Å². The molecule has 1 aromatic carbocycles. The molecule has 20 heavy (non-hydrogen) atoms. The summed E-state index contributed by atoms with van der Waals surface area (Å²) < 4.78 is 37.6. The standard InChI is InChI=1S/C14H19F3N2O/c15-14(16,17)11-3-5-13(6-4-11)19(8-9-20)10-12-2-1-7-18-12/h3-6,12,18,20H,1-2,7-10H2. The molecule has 0 aromatic heterocycles. The van der Waals surface area contributed by atoms with Gasteiger partial charge in [-0.25, -0.2) is 0 Å². The van der Waals surface area contributed by atoms with Crippen molar-refractivity contribution in [3.63, 3.8) is 0 Å². The average Bonchev–Trinajstić information content (AvgIpc) is 2.90. The Hall–Kier alpha value is -1.27. The van der Waals surface area contributed by atoms with Gasteiger partial charge in [0.25, 0.3) is 0 Å². The Morgan fingerprint density at radius 1 is 1.25 bits per heavy atom. The van der Waals surface area contributed by atoms with Crippen LogP contribution in [0.5, 0.6) is 0 Å². The van der Waals surface area contributed by atoms with Crippen LogP contribution in [0, 0.1) is 0 Å². The second kappa shape index (κ2) is 6.45. The van der Waals surface area contributed by atoms with E-state index < -0.39 is 11.7 Å². The van der Waals surface area contributed by atoms with Crippen molar-refractivity contribution in [2.24, 2.45) is 0 Å². The first-order valence-corrected chi connectivity index (χ1v) is 6.77. The zero-order valence-electron chi connectivity index (χ0n) is 11.2. The summed E-state index contributed by atoms with van der Waals surface area (Å²) in [5.41, 5.74) is 0.0601. The van der Waals surface area contributed by atoms with Gasteiger partial charge in [-0.1, -0.05) is 0 Å². The first-order chi connectivity index (χ1) is 9.50. The number of hydrogen-bond acceptors (Lipinski definition) is 3. The third-order valence-corrected chi connectivity index (χ3v) is 3.53. The van der Waals surface area contributed by atoms with Gasteiger partial charge in [-0.05, 0) is 43.7 Å². The molecule has 0 saturated carbocycles. The number of anilines is 1. The van der Waals surface area contributed by atoms with E-state index in [2.05, 4.69) is 5.32 Å². The molecule has 0 amide bonds. The minimum absolute atomic E-state index is 0.0201. The number of halogens is 3. The van der Waals surface area contributed by atoms with Crippen molar-refractivity contribution in [3.8, 4) is 0 Å². The van der Waals surface area contributed by atoms with Crippen molar-refractivity contribution in [1.29, 1.82) is 0 Å². The topological polar surface area (TPSA) is 35.5 Å². The Labute approximate surface area is 116 Å². The number of aliphatic hydroxyl groups excluding tert-OH is 1. The molecule has 1 aliphatic rings. The lowest BCUT2D eigenvalue weighted by Gasteiger charge is -2.27. The molecular weight excluding hydrogens is 269 g/mol. The second-order valence-corrected chi connectivity index (χ2v) is 5.01. The Morgan fingerprint density at radius 2 is 1.95 bits per heavy atom. The summed E-state index contributed by atoms with van der Waals surface area (Å²) in [6.45, 7) is 2.08. The van der Waals surface area contributed by atoms with Crippen LogP contribution in [0.1, 0.15) is 18.4 Å². The number of benzene rings is 1. The highest BCUT2D eigenvalue weighted by atomic mass is 19.4. The second-order valence-electron chi connectivity index (χ2n) is 5.01. The molecule has 0 spiro atoms. The Balaban J connectivity index is 2.08. The van der Waals surface area contributed by atoms with Gasteiger partial charge >= 0.3 is 6.18 Å². The molecule has 2 rings (SSSR count). The lowest BCUT2D eigenvalue weighted by atomic mass is 10.1. The lowest BCUT2D eigenvalue weighted by Crippen LogP contribution is -2.39. The van der Waals surface area contributed by atoms with Crippen molar-refractivity contribution in [2.45, 2.75) is 25.1 Å². The van der Waals surface area contributed by atoms with Crippen molar-refractivity contribution in [3.05, 3.63) is 29.8 Å². The van der Waals surface area contributed by atoms with Gasteiger partial charge < -0.3 is 15.3 Å². The maximum absolute atomic E-state index is 12.5. The summed E-state index contributed by atoms with van der Waals surface area (Å²) in [6, 6.07) is 5.44. The fourth-order valence-electron chi connectivity index (χ4n) is 2.49. The normalized spacial score (nSPS) is 19.3. The van der Waals surface area contributed by atoms with Crippen LogP contribution in [0.15, 0.2) is 24.3 Å². The van der Waals surface area contributed by atoms with Crippen LogP contribution in [0.4, 0.5) is 18.9 Å². The smallest absolute Gasteiger partial charge is 0.395 e. The van der Waals surface area contributed by atoms with Crippen LogP contribution >= 0.6 is 0 Å². The molecule has 112 valence electrons. The van der Waals surface area contributed by atoms with Gasteiger partial charge in [0.15, 0.2) is 0 Å². The third kappa shape index (κ3) is 3.86. The van der Waals surface area contributed by atoms with E-state index in [1.165, 1.54) is 12.1 Å². The molecule has 2 N–H and O–H groups in total. The lowest BCUT2D eigenvalue weighted by molar-refractivity contribution is -0.137. The fraction of sp³-hybridized carbons (Fsp3) is 0.571. The van der Waals surface area contributed by atoms with E-state index in [0.29, 0.717) is 24.8 Å². The maximum atomic E-state index is 12.5. The van der Waals surface area contributed by atoms with Crippen LogP contribution < -0.4 is 10.2 Å². The van der Waals surface area contributed by atoms with Gasteiger partial charge in [-0.15, -0.1) is 0 Å². The van der Waals surface area contributed by atoms with Crippen molar-refractivity contribution in [1.82, 2.24) is 5.32 Å². The van der Waals surface area contributed by atoms with Crippen LogP contribution in [0.3, 0.4) is 0 Å². The predicted molar refractivity (Wildman–Crippen MR) is 71.8 cm³/mol. The molecule has 3 nitrogen and oxygen atoms in total. The van der Waals surface area contributed by atoms with E-state index in [0.717, 1.165) is 31.5 Å². The fourth-order valence-corrected chi connectivity index (χ4v) is 2.49. The zero-order chi connectivity index (χ0) is 14.6. The van der Waals surface area contributed by atoms with E-state index in [1.807, 2.05) is 4.90 Å². The molecular formula is C14H19F3N2O. The number of nitrogens with zero attached hydrogens (tertiary/aromatic N) is 1. The summed E-state index contributed by atoms with van der Waals surface area (Å²) in [6.07, 6.45) is -2.14. The molecule has 0 aliphatic carbocycles. The van der Waals surface area contributed by atoms with Gasteiger partial charge in [0.1, 0.15) is 0 Å². The molecule has 1 aliphatic heterocycles. The maximum Gasteiger partial charge on any atom is 0.416 e. The Morgan fingerprint density at radius 3 is 2.45 bits per heavy atom. The summed E-state index contributed by atoms with van der Waals surface area (Å²) in [5, 5.41) is 12.5. The summed E-state index contributed by atoms with van der Waals surface area (Å²) >= 11 is 0. The molecule has 1 aromatic rings. The van der Waals surface area contributed by atoms with E-state index >= 15 is 0 Å². The summed E-state index contributed by atoms with van der Waals surface area (Å²) in [7, 11) is 0. The van der Waals surface area contributed by atoms with E-state index in [1.54, 1.807) is 0 Å². The van der Waals surface area contributed by atoms with Gasteiger partial charge in [0.05, 0.1) is 12.2 Å². The van der Waals surface area contributed by atoms with Crippen molar-refractivity contribution in [2.75, 3.05) is 31.1 Å². The highest BCUT2D eigenvalue weighted by Gasteiger charge is 2.30. The highest BCUT2D eigenvalue weighted by Crippen LogP contribution is 2.30. The quantitative estimate of drug-likeness (QED) is 0.872. The van der Waals surface area contributed by atoms with Gasteiger partial charge in [-0.3, -0.25) is 0 Å². The van der Waals surface area contributed by atoms with E-state index in [4.69, 9.17) is 5.11 Å². The predicted octanol–water partition coefficient (Wildman–Crippen LogP) is 2.26. The van der Waals surface area contributed by atoms with Crippen LogP contribution in [0.25, 0.3) is 0 Å². The molecule has 1 atom stereocenters. The SMILES string of the molecule is OCCN(CC1CCCN1)c1ccc(C(F)(F)F)cc1. The first-order valence-electron chi connectivity index (χ1n) is 6.77. The van der Waals surface area contributed by atoms with Crippen molar-refractivity contribution >= 4 is 5.69 Å². The average molecular weight is 288 g/mol. The largest absolute Gasteiger partial charge is 0.416 e. The number of alkyl halides is 3. The summed E-state index contributed by atoms with van der Waals surface area (Å²) in [5.74, 6) is 0. The Kier molecular flexibility index (Phi) is 4.88. The number of aliphatic hydroxyl groups is 1. The number of nitrogens with one attached hydrogen (secondary N) is 1. The minimum atomic E-state index is -4.31. The van der Waals surface area contributed by atoms with Gasteiger partial charge in [0.2, 0.25) is 0 Å². The highest BCUT2D eigenvalue weighted by molar-refractivity contribution is 5.48. The van der Waals surface area contributed by atoms with Crippen LogP contribution in [0.2, 0.25) is 0 Å². The zero-order valence-corrected chi connectivity index (χ0v) is 11.2. The monoisotopic (exact) mass is 288 g/mol. The summed E-state index contributed by atoms with van der Waals surface area (Å²) in [4.78, 5) is 1.92. The number of rotatable bonds is 5. The number of hydrogen-bond donors (Lipinski definition) is 2. The molecule has 1 saturated heterocycles. The first kappa shape index (κ1) is 15.1. The molecule has 1 fully saturated rings. The minimum Gasteiger partial charge on any atom is -0.395 e. The molecule has 0 bridgehead atoms. The molecule has 0 radical (unpaired) electrons. The van der Waals surface area contributed by atoms with E-state index in [-0.39, 0.29) is 6.61 Å². The van der Waals surface area contributed by atoms with E-state index in [9.17, 15) is 13.2 Å². The molecule has 6 heteroatoms. The molecule has 1 heterocycles. The molecule has 1 unspecified atom stereocenters. The van der Waals surface area contributed by atoms with Gasteiger partial charge in [-0.2, -0.15) is 13.2 Å². The third-order valence-electron chi connectivity index (χ3n) is 3.53. The van der Waals surface area contributed by atoms with Crippen LogP contribution in [-0.4, -0.2) is 37.4 Å². The Bertz CT molecular complexity index is 413.